The second-order valence-electron chi connectivity index (χ2n) is 9.82. The van der Waals surface area contributed by atoms with Gasteiger partial charge < -0.3 is 19.7 Å². The van der Waals surface area contributed by atoms with Crippen LogP contribution in [0.1, 0.15) is 33.6 Å². The van der Waals surface area contributed by atoms with Crippen molar-refractivity contribution < 1.29 is 23.9 Å². The molecule has 0 aliphatic carbocycles. The predicted molar refractivity (Wildman–Crippen MR) is 119 cm³/mol. The van der Waals surface area contributed by atoms with Gasteiger partial charge in [-0.05, 0) is 71.0 Å². The summed E-state index contributed by atoms with van der Waals surface area (Å²) in [5.41, 5.74) is -0.610. The van der Waals surface area contributed by atoms with Crippen LogP contribution in [-0.2, 0) is 9.53 Å². The van der Waals surface area contributed by atoms with E-state index in [0.29, 0.717) is 57.1 Å². The zero-order valence-electron chi connectivity index (χ0n) is 19.2. The Balaban J connectivity index is 1.34. The number of benzene rings is 1. The van der Waals surface area contributed by atoms with E-state index in [4.69, 9.17) is 9.47 Å². The fraction of sp³-hybridized carbons (Fsp3) is 0.609. The zero-order valence-corrected chi connectivity index (χ0v) is 19.2. The second kappa shape index (κ2) is 8.27. The first kappa shape index (κ1) is 22.4. The highest BCUT2D eigenvalue weighted by molar-refractivity contribution is 6.16. The van der Waals surface area contributed by atoms with Crippen LogP contribution in [0.25, 0.3) is 0 Å². The van der Waals surface area contributed by atoms with Gasteiger partial charge in [-0.3, -0.25) is 14.6 Å². The van der Waals surface area contributed by atoms with E-state index in [9.17, 15) is 14.4 Å². The van der Waals surface area contributed by atoms with Gasteiger partial charge in [-0.25, -0.2) is 9.59 Å². The van der Waals surface area contributed by atoms with Crippen LogP contribution in [0.3, 0.4) is 0 Å². The summed E-state index contributed by atoms with van der Waals surface area (Å²) in [7, 11) is 1.55. The standard InChI is InChI=1S/C23H32N4O5/c1-22(2,3)32-21(30)26-13-16(14-26)15-31-18-7-5-17(6-8-18)27-20(29)25(4)19(28)23(27)9-11-24-12-10-23/h5-8,16,24H,9-15H2,1-4H3. The quantitative estimate of drug-likeness (QED) is 0.718. The normalized spacial score (nSPS) is 21.2. The van der Waals surface area contributed by atoms with Crippen LogP contribution in [-0.4, -0.2) is 78.8 Å². The van der Waals surface area contributed by atoms with Crippen LogP contribution in [0.4, 0.5) is 15.3 Å². The summed E-state index contributed by atoms with van der Waals surface area (Å²) in [6.07, 6.45) is 0.895. The molecule has 0 bridgehead atoms. The number of piperidine rings is 1. The maximum Gasteiger partial charge on any atom is 0.410 e. The number of rotatable bonds is 4. The number of amides is 4. The molecule has 3 heterocycles. The predicted octanol–water partition coefficient (Wildman–Crippen LogP) is 2.45. The Morgan fingerprint density at radius 2 is 1.75 bits per heavy atom. The summed E-state index contributed by atoms with van der Waals surface area (Å²) < 4.78 is 11.3. The van der Waals surface area contributed by atoms with E-state index in [1.807, 2.05) is 45.0 Å². The molecule has 3 aliphatic rings. The first-order valence-electron chi connectivity index (χ1n) is 11.1. The Bertz CT molecular complexity index is 883. The van der Waals surface area contributed by atoms with Crippen LogP contribution in [0, 0.1) is 5.92 Å². The molecule has 1 spiro atoms. The van der Waals surface area contributed by atoms with Crippen molar-refractivity contribution in [3.63, 3.8) is 0 Å². The van der Waals surface area contributed by atoms with Crippen molar-refractivity contribution in [1.82, 2.24) is 15.1 Å². The summed E-state index contributed by atoms with van der Waals surface area (Å²) in [5.74, 6) is 0.811. The SMILES string of the molecule is CN1C(=O)N(c2ccc(OCC3CN(C(=O)OC(C)(C)C)C3)cc2)C2(CCNCC2)C1=O. The van der Waals surface area contributed by atoms with E-state index in [2.05, 4.69) is 5.32 Å². The second-order valence-corrected chi connectivity index (χ2v) is 9.82. The van der Waals surface area contributed by atoms with E-state index in [0.717, 1.165) is 0 Å². The highest BCUT2D eigenvalue weighted by Crippen LogP contribution is 2.39. The Hall–Kier alpha value is -2.81. The summed E-state index contributed by atoms with van der Waals surface area (Å²) in [5, 5.41) is 3.27. The number of carbonyl (C=O) groups excluding carboxylic acids is 3. The van der Waals surface area contributed by atoms with Crippen LogP contribution in [0.2, 0.25) is 0 Å². The number of nitrogens with one attached hydrogen (secondary N) is 1. The molecule has 9 heteroatoms. The average molecular weight is 445 g/mol. The maximum atomic E-state index is 12.9. The molecule has 4 rings (SSSR count). The fourth-order valence-corrected chi connectivity index (χ4v) is 4.52. The van der Waals surface area contributed by atoms with E-state index in [1.165, 1.54) is 4.90 Å². The lowest BCUT2D eigenvalue weighted by molar-refractivity contribution is -0.130. The monoisotopic (exact) mass is 444 g/mol. The van der Waals surface area contributed by atoms with Crippen molar-refractivity contribution >= 4 is 23.7 Å². The molecular weight excluding hydrogens is 412 g/mol. The van der Waals surface area contributed by atoms with E-state index in [-0.39, 0.29) is 23.9 Å². The number of anilines is 1. The van der Waals surface area contributed by atoms with Gasteiger partial charge in [0.15, 0.2) is 0 Å². The maximum absolute atomic E-state index is 12.9. The van der Waals surface area contributed by atoms with Gasteiger partial charge in [0.25, 0.3) is 5.91 Å². The van der Waals surface area contributed by atoms with Crippen molar-refractivity contribution in [2.75, 3.05) is 44.7 Å². The van der Waals surface area contributed by atoms with Crippen molar-refractivity contribution in [3.05, 3.63) is 24.3 Å². The fourth-order valence-electron chi connectivity index (χ4n) is 4.52. The van der Waals surface area contributed by atoms with Crippen molar-refractivity contribution in [2.45, 2.75) is 44.8 Å². The third-order valence-corrected chi connectivity index (χ3v) is 6.23. The van der Waals surface area contributed by atoms with Gasteiger partial charge in [0.2, 0.25) is 0 Å². The van der Waals surface area contributed by atoms with Crippen molar-refractivity contribution in [3.8, 4) is 5.75 Å². The topological polar surface area (TPSA) is 91.4 Å². The first-order valence-corrected chi connectivity index (χ1v) is 11.1. The van der Waals surface area contributed by atoms with Gasteiger partial charge in [0.05, 0.1) is 6.61 Å². The minimum Gasteiger partial charge on any atom is -0.493 e. The number of likely N-dealkylation sites (N-methyl/N-ethyl adjacent to an activating group) is 1. The van der Waals surface area contributed by atoms with Gasteiger partial charge in [-0.2, -0.15) is 0 Å². The lowest BCUT2D eigenvalue weighted by Crippen LogP contribution is -2.56. The number of imide groups is 1. The molecule has 1 N–H and O–H groups in total. The van der Waals surface area contributed by atoms with E-state index in [1.54, 1.807) is 16.8 Å². The van der Waals surface area contributed by atoms with Gasteiger partial charge in [-0.15, -0.1) is 0 Å². The molecule has 0 radical (unpaired) electrons. The van der Waals surface area contributed by atoms with E-state index >= 15 is 0 Å². The molecule has 174 valence electrons. The molecule has 9 nitrogen and oxygen atoms in total. The average Bonchev–Trinajstić information content (AvgIpc) is 2.88. The highest BCUT2D eigenvalue weighted by Gasteiger charge is 2.56. The summed E-state index contributed by atoms with van der Waals surface area (Å²) in [6, 6.07) is 7.02. The van der Waals surface area contributed by atoms with Crippen molar-refractivity contribution in [1.29, 1.82) is 0 Å². The summed E-state index contributed by atoms with van der Waals surface area (Å²) in [4.78, 5) is 42.3. The minimum atomic E-state index is -0.809. The van der Waals surface area contributed by atoms with Crippen LogP contribution in [0.15, 0.2) is 24.3 Å². The van der Waals surface area contributed by atoms with Gasteiger partial charge >= 0.3 is 12.1 Å². The molecule has 1 aromatic carbocycles. The largest absolute Gasteiger partial charge is 0.493 e. The smallest absolute Gasteiger partial charge is 0.410 e. The molecule has 3 aliphatic heterocycles. The number of carbonyl (C=O) groups is 3. The van der Waals surface area contributed by atoms with Gasteiger partial charge in [0, 0.05) is 31.7 Å². The summed E-state index contributed by atoms with van der Waals surface area (Å²) in [6.45, 7) is 8.68. The molecule has 4 amide bonds. The van der Waals surface area contributed by atoms with Crippen molar-refractivity contribution in [2.24, 2.45) is 5.92 Å². The Morgan fingerprint density at radius 1 is 1.12 bits per heavy atom. The number of hydrogen-bond acceptors (Lipinski definition) is 6. The molecule has 0 atom stereocenters. The molecule has 3 saturated heterocycles. The van der Waals surface area contributed by atoms with Gasteiger partial charge in [0.1, 0.15) is 16.9 Å². The Labute approximate surface area is 188 Å². The number of nitrogens with zero attached hydrogens (tertiary/aromatic N) is 3. The highest BCUT2D eigenvalue weighted by atomic mass is 16.6. The minimum absolute atomic E-state index is 0.135. The lowest BCUT2D eigenvalue weighted by atomic mass is 9.86. The molecule has 0 saturated carbocycles. The first-order chi connectivity index (χ1) is 15.1. The van der Waals surface area contributed by atoms with Crippen LogP contribution < -0.4 is 15.0 Å². The molecular formula is C23H32N4O5. The zero-order chi connectivity index (χ0) is 23.1. The third-order valence-electron chi connectivity index (χ3n) is 6.23. The molecule has 32 heavy (non-hydrogen) atoms. The molecule has 0 aromatic heterocycles. The molecule has 3 fully saturated rings. The molecule has 1 aromatic rings. The number of likely N-dealkylation sites (tertiary alicyclic amines) is 1. The Kier molecular flexibility index (Phi) is 5.79. The summed E-state index contributed by atoms with van der Waals surface area (Å²) >= 11 is 0. The van der Waals surface area contributed by atoms with Crippen LogP contribution >= 0.6 is 0 Å². The lowest BCUT2D eigenvalue weighted by Gasteiger charge is -2.39. The molecule has 0 unspecified atom stereocenters. The Morgan fingerprint density at radius 3 is 2.34 bits per heavy atom. The number of ether oxygens (including phenoxy) is 2. The number of urea groups is 1. The third kappa shape index (κ3) is 4.13. The van der Waals surface area contributed by atoms with Crippen LogP contribution in [0.5, 0.6) is 5.75 Å². The van der Waals surface area contributed by atoms with Gasteiger partial charge in [-0.1, -0.05) is 0 Å². The van der Waals surface area contributed by atoms with E-state index < -0.39 is 11.1 Å². The number of hydrogen-bond donors (Lipinski definition) is 1.